The summed E-state index contributed by atoms with van der Waals surface area (Å²) in [5, 5.41) is 2.89. The van der Waals surface area contributed by atoms with Crippen molar-refractivity contribution >= 4 is 23.4 Å². The zero-order valence-corrected chi connectivity index (χ0v) is 17.5. The zero-order chi connectivity index (χ0) is 21.8. The maximum absolute atomic E-state index is 12.8. The summed E-state index contributed by atoms with van der Waals surface area (Å²) in [5.41, 5.74) is 0.817. The summed E-state index contributed by atoms with van der Waals surface area (Å²) < 4.78 is 6.70. The van der Waals surface area contributed by atoms with Crippen molar-refractivity contribution in [3.05, 3.63) is 60.4 Å². The van der Waals surface area contributed by atoms with E-state index in [0.29, 0.717) is 37.2 Å². The van der Waals surface area contributed by atoms with Crippen LogP contribution in [0.15, 0.2) is 49.1 Å². The van der Waals surface area contributed by atoms with Gasteiger partial charge in [-0.15, -0.1) is 0 Å². The lowest BCUT2D eigenvalue weighted by Crippen LogP contribution is -2.38. The molecule has 9 heteroatoms. The van der Waals surface area contributed by atoms with Gasteiger partial charge in [0.2, 0.25) is 5.91 Å². The standard InChI is InChI=1S/C22H24N6O3/c1-15-23-9-12-28(15)20-13-19(24-14-25-20)27-10-7-16(8-11-27)21(29)26-18-6-4-3-5-17(18)22(30)31-2/h3-6,9,12-14,16H,7-8,10-11H2,1-2H3,(H,26,29). The van der Waals surface area contributed by atoms with Crippen molar-refractivity contribution in [3.8, 4) is 5.82 Å². The molecule has 1 saturated heterocycles. The van der Waals surface area contributed by atoms with Gasteiger partial charge in [0, 0.05) is 37.5 Å². The highest BCUT2D eigenvalue weighted by Gasteiger charge is 2.27. The molecule has 3 aromatic rings. The third kappa shape index (κ3) is 4.40. The number of piperidine rings is 1. The molecule has 1 aliphatic rings. The Morgan fingerprint density at radius 2 is 1.84 bits per heavy atom. The molecule has 1 aromatic carbocycles. The number of carbonyl (C=O) groups is 2. The maximum atomic E-state index is 12.8. The topological polar surface area (TPSA) is 102 Å². The Kier molecular flexibility index (Phi) is 5.92. The van der Waals surface area contributed by atoms with Crippen LogP contribution in [0.5, 0.6) is 0 Å². The maximum Gasteiger partial charge on any atom is 0.339 e. The van der Waals surface area contributed by atoms with Crippen LogP contribution in [0.1, 0.15) is 29.0 Å². The van der Waals surface area contributed by atoms with Crippen molar-refractivity contribution in [2.24, 2.45) is 5.92 Å². The number of amides is 1. The summed E-state index contributed by atoms with van der Waals surface area (Å²) in [4.78, 5) is 39.9. The van der Waals surface area contributed by atoms with E-state index in [-0.39, 0.29) is 11.8 Å². The normalized spacial score (nSPS) is 14.3. The Hall–Kier alpha value is -3.75. The van der Waals surface area contributed by atoms with E-state index in [1.807, 2.05) is 23.8 Å². The molecule has 0 saturated carbocycles. The number of hydrogen-bond acceptors (Lipinski definition) is 7. The smallest absolute Gasteiger partial charge is 0.339 e. The molecule has 3 heterocycles. The summed E-state index contributed by atoms with van der Waals surface area (Å²) in [5.74, 6) is 1.74. The van der Waals surface area contributed by atoms with E-state index in [9.17, 15) is 9.59 Å². The summed E-state index contributed by atoms with van der Waals surface area (Å²) in [6.07, 6.45) is 6.53. The molecular weight excluding hydrogens is 396 g/mol. The van der Waals surface area contributed by atoms with Crippen molar-refractivity contribution < 1.29 is 14.3 Å². The molecular formula is C22H24N6O3. The zero-order valence-electron chi connectivity index (χ0n) is 17.5. The number of hydrogen-bond donors (Lipinski definition) is 1. The van der Waals surface area contributed by atoms with E-state index in [1.165, 1.54) is 7.11 Å². The average Bonchev–Trinajstić information content (AvgIpc) is 3.25. The van der Waals surface area contributed by atoms with Gasteiger partial charge in [-0.05, 0) is 31.9 Å². The fourth-order valence-electron chi connectivity index (χ4n) is 3.75. The second-order valence-electron chi connectivity index (χ2n) is 7.37. The van der Waals surface area contributed by atoms with Crippen molar-refractivity contribution in [2.45, 2.75) is 19.8 Å². The van der Waals surface area contributed by atoms with E-state index in [0.717, 1.165) is 17.5 Å². The number of esters is 1. The SMILES string of the molecule is COC(=O)c1ccccc1NC(=O)C1CCN(c2cc(-n3ccnc3C)ncn2)CC1. The van der Waals surface area contributed by atoms with Crippen molar-refractivity contribution in [1.82, 2.24) is 19.5 Å². The van der Waals surface area contributed by atoms with Gasteiger partial charge in [0.25, 0.3) is 0 Å². The molecule has 160 valence electrons. The first-order valence-electron chi connectivity index (χ1n) is 10.1. The van der Waals surface area contributed by atoms with Crippen LogP contribution in [0.3, 0.4) is 0 Å². The molecule has 0 atom stereocenters. The highest BCUT2D eigenvalue weighted by molar-refractivity contribution is 6.01. The third-order valence-corrected chi connectivity index (χ3v) is 5.49. The molecule has 0 aliphatic carbocycles. The number of aromatic nitrogens is 4. The van der Waals surface area contributed by atoms with Gasteiger partial charge in [-0.2, -0.15) is 0 Å². The fourth-order valence-corrected chi connectivity index (χ4v) is 3.75. The van der Waals surface area contributed by atoms with Crippen LogP contribution in [-0.2, 0) is 9.53 Å². The molecule has 0 bridgehead atoms. The van der Waals surface area contributed by atoms with Crippen LogP contribution in [0.25, 0.3) is 5.82 Å². The van der Waals surface area contributed by atoms with Gasteiger partial charge in [0.1, 0.15) is 23.8 Å². The van der Waals surface area contributed by atoms with Crippen molar-refractivity contribution in [1.29, 1.82) is 0 Å². The lowest BCUT2D eigenvalue weighted by Gasteiger charge is -2.32. The number of ether oxygens (including phenoxy) is 1. The first kappa shape index (κ1) is 20.5. The largest absolute Gasteiger partial charge is 0.465 e. The van der Waals surface area contributed by atoms with Gasteiger partial charge in [0.15, 0.2) is 0 Å². The van der Waals surface area contributed by atoms with Gasteiger partial charge in [-0.25, -0.2) is 19.7 Å². The highest BCUT2D eigenvalue weighted by Crippen LogP contribution is 2.25. The van der Waals surface area contributed by atoms with Gasteiger partial charge < -0.3 is 15.0 Å². The molecule has 4 rings (SSSR count). The third-order valence-electron chi connectivity index (χ3n) is 5.49. The molecule has 9 nitrogen and oxygen atoms in total. The van der Waals surface area contributed by atoms with Crippen LogP contribution < -0.4 is 10.2 Å². The molecule has 2 aromatic heterocycles. The van der Waals surface area contributed by atoms with Crippen LogP contribution in [-0.4, -0.2) is 51.6 Å². The minimum absolute atomic E-state index is 0.0894. The first-order valence-corrected chi connectivity index (χ1v) is 10.1. The molecule has 1 fully saturated rings. The molecule has 1 N–H and O–H groups in total. The predicted molar refractivity (Wildman–Crippen MR) is 115 cm³/mol. The molecule has 0 radical (unpaired) electrons. The Bertz CT molecular complexity index is 1090. The van der Waals surface area contributed by atoms with Gasteiger partial charge in [-0.3, -0.25) is 9.36 Å². The Morgan fingerprint density at radius 3 is 2.55 bits per heavy atom. The van der Waals surface area contributed by atoms with E-state index in [4.69, 9.17) is 4.74 Å². The molecule has 1 amide bonds. The second kappa shape index (κ2) is 8.95. The van der Waals surface area contributed by atoms with Crippen LogP contribution in [0.4, 0.5) is 11.5 Å². The van der Waals surface area contributed by atoms with E-state index in [2.05, 4.69) is 25.2 Å². The molecule has 31 heavy (non-hydrogen) atoms. The number of carbonyl (C=O) groups excluding carboxylic acids is 2. The minimum Gasteiger partial charge on any atom is -0.465 e. The summed E-state index contributed by atoms with van der Waals surface area (Å²) in [6, 6.07) is 8.79. The molecule has 1 aliphatic heterocycles. The number of methoxy groups -OCH3 is 1. The van der Waals surface area contributed by atoms with Gasteiger partial charge in [0.05, 0.1) is 18.4 Å². The van der Waals surface area contributed by atoms with Crippen LogP contribution in [0, 0.1) is 12.8 Å². The molecule has 0 spiro atoms. The Morgan fingerprint density at radius 1 is 1.10 bits per heavy atom. The Labute approximate surface area is 180 Å². The molecule has 0 unspecified atom stereocenters. The number of imidazole rings is 1. The van der Waals surface area contributed by atoms with Gasteiger partial charge >= 0.3 is 5.97 Å². The number of benzene rings is 1. The van der Waals surface area contributed by atoms with Gasteiger partial charge in [-0.1, -0.05) is 12.1 Å². The predicted octanol–water partition coefficient (Wildman–Crippen LogP) is 2.61. The van der Waals surface area contributed by atoms with Crippen molar-refractivity contribution in [2.75, 3.05) is 30.4 Å². The first-order chi connectivity index (χ1) is 15.1. The summed E-state index contributed by atoms with van der Waals surface area (Å²) >= 11 is 0. The lowest BCUT2D eigenvalue weighted by molar-refractivity contribution is -0.120. The number of para-hydroxylation sites is 1. The second-order valence-corrected chi connectivity index (χ2v) is 7.37. The monoisotopic (exact) mass is 420 g/mol. The number of aryl methyl sites for hydroxylation is 1. The van der Waals surface area contributed by atoms with E-state index < -0.39 is 5.97 Å². The number of nitrogens with zero attached hydrogens (tertiary/aromatic N) is 5. The summed E-state index contributed by atoms with van der Waals surface area (Å²) in [7, 11) is 1.32. The lowest BCUT2D eigenvalue weighted by atomic mass is 9.95. The number of rotatable bonds is 5. The quantitative estimate of drug-likeness (QED) is 0.633. The van der Waals surface area contributed by atoms with E-state index in [1.54, 1.807) is 36.8 Å². The van der Waals surface area contributed by atoms with Crippen molar-refractivity contribution in [3.63, 3.8) is 0 Å². The fraction of sp³-hybridized carbons (Fsp3) is 0.318. The van der Waals surface area contributed by atoms with E-state index >= 15 is 0 Å². The Balaban J connectivity index is 1.40. The van der Waals surface area contributed by atoms with Crippen LogP contribution in [0.2, 0.25) is 0 Å². The highest BCUT2D eigenvalue weighted by atomic mass is 16.5. The van der Waals surface area contributed by atoms with Crippen LogP contribution >= 0.6 is 0 Å². The minimum atomic E-state index is -0.474. The number of anilines is 2. The average molecular weight is 420 g/mol. The number of nitrogens with one attached hydrogen (secondary N) is 1. The summed E-state index contributed by atoms with van der Waals surface area (Å²) in [6.45, 7) is 3.33.